The van der Waals surface area contributed by atoms with Crippen LogP contribution >= 0.6 is 11.8 Å². The Kier molecular flexibility index (Phi) is 11.5. The Balaban J connectivity index is 0.000000206. The van der Waals surface area contributed by atoms with Gasteiger partial charge in [-0.15, -0.1) is 4.91 Å². The fourth-order valence-electron chi connectivity index (χ4n) is 4.24. The van der Waals surface area contributed by atoms with Crippen LogP contribution in [0.4, 0.5) is 32.1 Å². The maximum Gasteiger partial charge on any atom is 0.410 e. The molecule has 0 atom stereocenters. The number of nitrogens with two attached hydrogens (primary N) is 1. The molecule has 1 aromatic heterocycles. The number of aromatic nitrogens is 2. The van der Waals surface area contributed by atoms with E-state index >= 15 is 0 Å². The summed E-state index contributed by atoms with van der Waals surface area (Å²) in [5.74, 6) is 2.80. The molecule has 1 amide bonds. The van der Waals surface area contributed by atoms with E-state index in [0.29, 0.717) is 22.7 Å². The largest absolute Gasteiger partial charge is 0.444 e. The van der Waals surface area contributed by atoms with Crippen LogP contribution in [0.15, 0.2) is 41.8 Å². The Bertz CT molecular complexity index is 1280. The molecule has 40 heavy (non-hydrogen) atoms. The average Bonchev–Trinajstić information content (AvgIpc) is 3.50. The minimum Gasteiger partial charge on any atom is -0.444 e. The second kappa shape index (κ2) is 14.8. The summed E-state index contributed by atoms with van der Waals surface area (Å²) in [5, 5.41) is 6.61. The summed E-state index contributed by atoms with van der Waals surface area (Å²) in [6, 6.07) is 7.28. The molecule has 3 heterocycles. The van der Waals surface area contributed by atoms with Crippen molar-refractivity contribution in [2.24, 2.45) is 5.18 Å². The summed E-state index contributed by atoms with van der Waals surface area (Å²) in [5.41, 5.74) is 7.96. The molecule has 0 saturated carbocycles. The zero-order valence-electron chi connectivity index (χ0n) is 23.7. The lowest BCUT2D eigenvalue weighted by Gasteiger charge is -2.29. The number of nitrogen functional groups attached to an aromatic ring is 1. The van der Waals surface area contributed by atoms with Crippen LogP contribution in [-0.4, -0.2) is 51.2 Å². The molecule has 5 rings (SSSR count). The summed E-state index contributed by atoms with van der Waals surface area (Å²) < 4.78 is 18.4. The predicted molar refractivity (Wildman–Crippen MR) is 162 cm³/mol. The number of nitroso groups, excluding NO2 is 1. The molecule has 2 aromatic carbocycles. The van der Waals surface area contributed by atoms with Gasteiger partial charge < -0.3 is 20.7 Å². The summed E-state index contributed by atoms with van der Waals surface area (Å²) in [7, 11) is 0. The number of hydrogen-bond acceptors (Lipinski definition) is 9. The number of amides is 1. The molecule has 0 radical (unpaired) electrons. The van der Waals surface area contributed by atoms with Gasteiger partial charge in [-0.3, -0.25) is 0 Å². The number of piperidine rings is 1. The number of halogens is 1. The number of aryl methyl sites for hydroxylation is 1. The Morgan fingerprint density at radius 3 is 2.38 bits per heavy atom. The number of likely N-dealkylation sites (tertiary alicyclic amines) is 1. The molecule has 0 unspecified atom stereocenters. The summed E-state index contributed by atoms with van der Waals surface area (Å²) in [6.07, 6.45) is 7.61. The van der Waals surface area contributed by atoms with Crippen molar-refractivity contribution >= 4 is 51.6 Å². The molecular weight excluding hydrogens is 531 g/mol. The van der Waals surface area contributed by atoms with Gasteiger partial charge >= 0.3 is 6.09 Å². The molecule has 2 fully saturated rings. The van der Waals surface area contributed by atoms with Crippen molar-refractivity contribution in [2.75, 3.05) is 35.6 Å². The molecule has 3 N–H and O–H groups in total. The van der Waals surface area contributed by atoms with Crippen LogP contribution in [-0.2, 0) is 4.74 Å². The van der Waals surface area contributed by atoms with E-state index in [1.165, 1.54) is 49.2 Å². The molecular formula is C29H39FN6O3S. The van der Waals surface area contributed by atoms with E-state index in [9.17, 15) is 14.1 Å². The smallest absolute Gasteiger partial charge is 0.410 e. The highest BCUT2D eigenvalue weighted by molar-refractivity contribution is 7.99. The van der Waals surface area contributed by atoms with Crippen molar-refractivity contribution in [3.05, 3.63) is 52.9 Å². The first kappa shape index (κ1) is 31.1. The van der Waals surface area contributed by atoms with Gasteiger partial charge in [0.15, 0.2) is 0 Å². The van der Waals surface area contributed by atoms with E-state index in [-0.39, 0.29) is 17.4 Å². The lowest BCUT2D eigenvalue weighted by atomic mass is 10.1. The minimum absolute atomic E-state index is 0.0279. The summed E-state index contributed by atoms with van der Waals surface area (Å²) >= 11 is 2.07. The van der Waals surface area contributed by atoms with Crippen molar-refractivity contribution in [1.82, 2.24) is 14.9 Å². The van der Waals surface area contributed by atoms with Crippen molar-refractivity contribution in [1.29, 1.82) is 0 Å². The molecule has 3 aromatic rings. The monoisotopic (exact) mass is 570 g/mol. The molecule has 2 aliphatic heterocycles. The number of fused-ring (bicyclic) bond motifs is 1. The molecule has 2 aliphatic rings. The van der Waals surface area contributed by atoms with Crippen molar-refractivity contribution in [3.63, 3.8) is 0 Å². The zero-order valence-corrected chi connectivity index (χ0v) is 24.5. The number of thioether (sulfide) groups is 1. The minimum atomic E-state index is -0.531. The van der Waals surface area contributed by atoms with Gasteiger partial charge in [0.2, 0.25) is 0 Å². The Morgan fingerprint density at radius 2 is 1.77 bits per heavy atom. The van der Waals surface area contributed by atoms with E-state index < -0.39 is 5.82 Å². The number of carbonyl (C=O) groups excluding carboxylic acids is 1. The normalized spacial score (nSPS) is 14.9. The summed E-state index contributed by atoms with van der Waals surface area (Å²) in [6.45, 7) is 9.29. The first-order valence-electron chi connectivity index (χ1n) is 13.5. The molecule has 216 valence electrons. The standard InChI is InChI=1S/C15H12FN5O.C10H19NO2.C4H8S/c1-8-4-10(17)6-13-14(8)15(19-7-18-13)20-11-3-2-9(16)5-12(11)21-22;1-10(2,3)13-9(12)11-7-5-4-6-8-11;1-2-4-5-3-1/h2-7H,17H2,1H3,(H,18,19,20);4-8H2,1-3H3;1-4H2. The average molecular weight is 571 g/mol. The van der Waals surface area contributed by atoms with E-state index in [1.807, 2.05) is 27.7 Å². The number of carbonyl (C=O) groups is 1. The first-order chi connectivity index (χ1) is 19.1. The Morgan fingerprint density at radius 1 is 1.07 bits per heavy atom. The zero-order chi connectivity index (χ0) is 29.1. The van der Waals surface area contributed by atoms with Crippen molar-refractivity contribution < 1.29 is 13.9 Å². The predicted octanol–water partition coefficient (Wildman–Crippen LogP) is 7.72. The van der Waals surface area contributed by atoms with Gasteiger partial charge in [0.05, 0.1) is 11.2 Å². The fourth-order valence-corrected chi connectivity index (χ4v) is 5.26. The third-order valence-electron chi connectivity index (χ3n) is 6.10. The lowest BCUT2D eigenvalue weighted by molar-refractivity contribution is 0.0216. The Hall–Kier alpha value is -3.47. The number of benzene rings is 2. The number of anilines is 3. The third-order valence-corrected chi connectivity index (χ3v) is 7.26. The van der Waals surface area contributed by atoms with E-state index in [2.05, 4.69) is 32.2 Å². The van der Waals surface area contributed by atoms with Gasteiger partial charge in [-0.1, -0.05) is 0 Å². The van der Waals surface area contributed by atoms with Crippen LogP contribution in [0.2, 0.25) is 0 Å². The molecule has 9 nitrogen and oxygen atoms in total. The van der Waals surface area contributed by atoms with Gasteiger partial charge in [0, 0.05) is 30.2 Å². The van der Waals surface area contributed by atoms with Crippen LogP contribution in [0.25, 0.3) is 10.9 Å². The lowest BCUT2D eigenvalue weighted by Crippen LogP contribution is -2.39. The molecule has 11 heteroatoms. The van der Waals surface area contributed by atoms with Crippen LogP contribution in [0, 0.1) is 17.6 Å². The van der Waals surface area contributed by atoms with Crippen molar-refractivity contribution in [3.8, 4) is 0 Å². The topological polar surface area (TPSA) is 123 Å². The second-order valence-electron chi connectivity index (χ2n) is 10.7. The van der Waals surface area contributed by atoms with Crippen molar-refractivity contribution in [2.45, 2.75) is 65.4 Å². The van der Waals surface area contributed by atoms with Gasteiger partial charge in [-0.25, -0.2) is 19.2 Å². The third kappa shape index (κ3) is 9.62. The molecule has 0 bridgehead atoms. The quantitative estimate of drug-likeness (QED) is 0.242. The maximum atomic E-state index is 13.2. The highest BCUT2D eigenvalue weighted by Crippen LogP contribution is 2.32. The number of hydrogen-bond donors (Lipinski definition) is 2. The van der Waals surface area contributed by atoms with Crippen LogP contribution in [0.3, 0.4) is 0 Å². The van der Waals surface area contributed by atoms with E-state index in [0.717, 1.165) is 42.9 Å². The molecule has 0 spiro atoms. The van der Waals surface area contributed by atoms with Gasteiger partial charge in [0.1, 0.15) is 29.3 Å². The van der Waals surface area contributed by atoms with E-state index in [4.69, 9.17) is 10.5 Å². The van der Waals surface area contributed by atoms with Crippen LogP contribution in [0.5, 0.6) is 0 Å². The second-order valence-corrected chi connectivity index (χ2v) is 11.9. The van der Waals surface area contributed by atoms with Gasteiger partial charge in [-0.2, -0.15) is 11.8 Å². The number of nitrogens with zero attached hydrogens (tertiary/aromatic N) is 4. The number of rotatable bonds is 3. The fraction of sp³-hybridized carbons (Fsp3) is 0.483. The number of ether oxygens (including phenoxy) is 1. The SMILES string of the molecule is C1CCSC1.CC(C)(C)OC(=O)N1CCCCC1.Cc1cc(N)cc2ncnc(Nc3ccc(F)cc3N=O)c12. The van der Waals surface area contributed by atoms with Gasteiger partial charge in [-0.05, 0) is 106 Å². The van der Waals surface area contributed by atoms with Crippen LogP contribution in [0.1, 0.15) is 58.4 Å². The van der Waals surface area contributed by atoms with Crippen LogP contribution < -0.4 is 11.1 Å². The maximum absolute atomic E-state index is 13.2. The highest BCUT2D eigenvalue weighted by atomic mass is 32.2. The molecule has 2 saturated heterocycles. The Labute approximate surface area is 239 Å². The number of nitrogens with one attached hydrogen (secondary N) is 1. The highest BCUT2D eigenvalue weighted by Gasteiger charge is 2.23. The van der Waals surface area contributed by atoms with Gasteiger partial charge in [0.25, 0.3) is 0 Å². The summed E-state index contributed by atoms with van der Waals surface area (Å²) in [4.78, 5) is 32.5. The first-order valence-corrected chi connectivity index (χ1v) is 14.7. The molecule has 0 aliphatic carbocycles. The van der Waals surface area contributed by atoms with E-state index in [1.54, 1.807) is 17.0 Å².